The fourth-order valence-electron chi connectivity index (χ4n) is 2.02. The molecule has 0 bridgehead atoms. The molecule has 0 saturated heterocycles. The molecule has 0 atom stereocenters. The first kappa shape index (κ1) is 9.30. The third-order valence-corrected chi connectivity index (χ3v) is 2.70. The van der Waals surface area contributed by atoms with Crippen molar-refractivity contribution in [3.63, 3.8) is 0 Å². The molecule has 1 heterocycles. The third-order valence-electron chi connectivity index (χ3n) is 2.70. The molecule has 0 radical (unpaired) electrons. The molecule has 0 aliphatic carbocycles. The maximum Gasteiger partial charge on any atom is 0.276 e. The van der Waals surface area contributed by atoms with E-state index < -0.39 is 0 Å². The maximum absolute atomic E-state index is 8.84. The van der Waals surface area contributed by atoms with Crippen molar-refractivity contribution in [2.24, 2.45) is 0 Å². The van der Waals surface area contributed by atoms with Crippen molar-refractivity contribution in [2.45, 2.75) is 19.2 Å². The van der Waals surface area contributed by atoms with E-state index in [1.54, 1.807) is 7.11 Å². The van der Waals surface area contributed by atoms with Crippen LogP contribution >= 0.6 is 0 Å². The van der Waals surface area contributed by atoms with Crippen LogP contribution < -0.4 is 0 Å². The van der Waals surface area contributed by atoms with Gasteiger partial charge in [0, 0.05) is 13.1 Å². The highest BCUT2D eigenvalue weighted by atomic mass is 16.5. The number of benzene rings is 1. The van der Waals surface area contributed by atoms with Crippen LogP contribution in [0.2, 0.25) is 0 Å². The van der Waals surface area contributed by atoms with E-state index in [4.69, 9.17) is 10.00 Å². The summed E-state index contributed by atoms with van der Waals surface area (Å²) in [5.74, 6) is 2.33. The van der Waals surface area contributed by atoms with Gasteiger partial charge < -0.3 is 4.74 Å². The molecular formula is C11H12BNO. The number of ether oxygens (including phenoxy) is 1. The van der Waals surface area contributed by atoms with Crippen LogP contribution in [0.15, 0.2) is 18.2 Å². The normalized spacial score (nSPS) is 13.9. The van der Waals surface area contributed by atoms with Gasteiger partial charge in [-0.3, -0.25) is 0 Å². The summed E-state index contributed by atoms with van der Waals surface area (Å²) in [5, 5.41) is 8.84. The quantitative estimate of drug-likeness (QED) is 0.655. The molecule has 1 aliphatic rings. The molecule has 2 nitrogen and oxygen atoms in total. The number of methoxy groups -OCH3 is 1. The average Bonchev–Trinajstić information content (AvgIpc) is 2.60. The Morgan fingerprint density at radius 3 is 2.93 bits per heavy atom. The standard InChI is InChI=1S/C11H12BNO/c1-14-7-9-2-3-10-5-12(8-13)6-11(10)4-9/h2-4H,5-7H2,1H3. The topological polar surface area (TPSA) is 33.0 Å². The summed E-state index contributed by atoms with van der Waals surface area (Å²) in [6.07, 6.45) is 1.82. The van der Waals surface area contributed by atoms with E-state index in [1.807, 2.05) is 0 Å². The molecule has 70 valence electrons. The van der Waals surface area contributed by atoms with Gasteiger partial charge in [0.05, 0.1) is 6.61 Å². The minimum Gasteiger partial charge on any atom is -0.380 e. The monoisotopic (exact) mass is 185 g/mol. The van der Waals surface area contributed by atoms with Crippen molar-refractivity contribution >= 4 is 6.71 Å². The number of hydrogen-bond donors (Lipinski definition) is 0. The average molecular weight is 185 g/mol. The van der Waals surface area contributed by atoms with Crippen molar-refractivity contribution in [1.29, 1.82) is 5.26 Å². The van der Waals surface area contributed by atoms with Crippen molar-refractivity contribution in [3.8, 4) is 5.97 Å². The first-order valence-corrected chi connectivity index (χ1v) is 4.82. The highest BCUT2D eigenvalue weighted by Gasteiger charge is 2.24. The van der Waals surface area contributed by atoms with Gasteiger partial charge in [-0.1, -0.05) is 29.3 Å². The summed E-state index contributed by atoms with van der Waals surface area (Å²) in [6.45, 7) is 0.840. The van der Waals surface area contributed by atoms with Gasteiger partial charge in [0.25, 0.3) is 6.71 Å². The molecule has 1 aromatic carbocycles. The molecule has 3 heteroatoms. The van der Waals surface area contributed by atoms with Crippen molar-refractivity contribution in [1.82, 2.24) is 0 Å². The predicted molar refractivity (Wildman–Crippen MR) is 55.9 cm³/mol. The summed E-state index contributed by atoms with van der Waals surface area (Å²) in [5.41, 5.74) is 3.85. The minimum atomic E-state index is 0.183. The molecule has 0 unspecified atom stereocenters. The Morgan fingerprint density at radius 2 is 2.21 bits per heavy atom. The molecule has 0 N–H and O–H groups in total. The number of nitriles is 1. The molecule has 1 aliphatic heterocycles. The fraction of sp³-hybridized carbons (Fsp3) is 0.364. The van der Waals surface area contributed by atoms with Crippen LogP contribution in [0.5, 0.6) is 0 Å². The fourth-order valence-corrected chi connectivity index (χ4v) is 2.02. The molecule has 0 saturated carbocycles. The van der Waals surface area contributed by atoms with Crippen molar-refractivity contribution in [2.75, 3.05) is 7.11 Å². The van der Waals surface area contributed by atoms with Crippen LogP contribution in [0.1, 0.15) is 16.7 Å². The summed E-state index contributed by atoms with van der Waals surface area (Å²) in [4.78, 5) is 0. The Hall–Kier alpha value is -1.27. The van der Waals surface area contributed by atoms with E-state index in [0.717, 1.165) is 12.6 Å². The lowest BCUT2D eigenvalue weighted by Crippen LogP contribution is -2.09. The molecule has 0 aromatic heterocycles. The van der Waals surface area contributed by atoms with Gasteiger partial charge in [-0.25, -0.2) is 5.26 Å². The lowest BCUT2D eigenvalue weighted by molar-refractivity contribution is 0.185. The largest absolute Gasteiger partial charge is 0.380 e. The first-order chi connectivity index (χ1) is 6.83. The molecular weight excluding hydrogens is 173 g/mol. The SMILES string of the molecule is COCc1ccc2c(c1)CB(C#N)C2. The molecule has 14 heavy (non-hydrogen) atoms. The van der Waals surface area contributed by atoms with Crippen LogP contribution in [0.4, 0.5) is 0 Å². The van der Waals surface area contributed by atoms with Gasteiger partial charge >= 0.3 is 0 Å². The number of hydrogen-bond acceptors (Lipinski definition) is 2. The molecule has 0 fully saturated rings. The minimum absolute atomic E-state index is 0.183. The van der Waals surface area contributed by atoms with Gasteiger partial charge in [-0.2, -0.15) is 0 Å². The lowest BCUT2D eigenvalue weighted by atomic mass is 9.49. The Balaban J connectivity index is 2.23. The maximum atomic E-state index is 8.84. The van der Waals surface area contributed by atoms with Crippen LogP contribution in [0.25, 0.3) is 0 Å². The highest BCUT2D eigenvalue weighted by Crippen LogP contribution is 2.22. The Morgan fingerprint density at radius 1 is 1.43 bits per heavy atom. The van der Waals surface area contributed by atoms with Crippen LogP contribution in [-0.4, -0.2) is 13.8 Å². The second-order valence-corrected chi connectivity index (χ2v) is 3.77. The number of fused-ring (bicyclic) bond motifs is 1. The summed E-state index contributed by atoms with van der Waals surface area (Å²) >= 11 is 0. The Labute approximate surface area is 84.6 Å². The Bertz CT molecular complexity index is 383. The Kier molecular flexibility index (Phi) is 2.56. The zero-order chi connectivity index (χ0) is 9.97. The van der Waals surface area contributed by atoms with Crippen LogP contribution in [-0.2, 0) is 24.0 Å². The molecule has 2 rings (SSSR count). The summed E-state index contributed by atoms with van der Waals surface area (Å²) < 4.78 is 5.08. The van der Waals surface area contributed by atoms with Gasteiger partial charge in [0.2, 0.25) is 0 Å². The van der Waals surface area contributed by atoms with E-state index in [1.165, 1.54) is 16.7 Å². The van der Waals surface area contributed by atoms with E-state index in [-0.39, 0.29) is 6.71 Å². The molecule has 0 spiro atoms. The van der Waals surface area contributed by atoms with Gasteiger partial charge in [0.15, 0.2) is 0 Å². The second-order valence-electron chi connectivity index (χ2n) is 3.77. The third kappa shape index (κ3) is 1.66. The predicted octanol–water partition coefficient (Wildman–Crippen LogP) is 1.57. The van der Waals surface area contributed by atoms with Crippen LogP contribution in [0, 0.1) is 11.2 Å². The number of nitrogens with zero attached hydrogens (tertiary/aromatic N) is 1. The van der Waals surface area contributed by atoms with Gasteiger partial charge in [-0.15, -0.1) is 0 Å². The van der Waals surface area contributed by atoms with E-state index in [9.17, 15) is 0 Å². The van der Waals surface area contributed by atoms with E-state index in [0.29, 0.717) is 6.61 Å². The van der Waals surface area contributed by atoms with Crippen molar-refractivity contribution < 1.29 is 4.74 Å². The molecule has 0 amide bonds. The van der Waals surface area contributed by atoms with E-state index in [2.05, 4.69) is 24.2 Å². The smallest absolute Gasteiger partial charge is 0.276 e. The zero-order valence-electron chi connectivity index (χ0n) is 8.29. The van der Waals surface area contributed by atoms with E-state index >= 15 is 0 Å². The van der Waals surface area contributed by atoms with Gasteiger partial charge in [0.1, 0.15) is 0 Å². The zero-order valence-corrected chi connectivity index (χ0v) is 8.29. The summed E-state index contributed by atoms with van der Waals surface area (Å²) in [6, 6.07) is 6.37. The number of rotatable bonds is 2. The first-order valence-electron chi connectivity index (χ1n) is 4.82. The van der Waals surface area contributed by atoms with Crippen molar-refractivity contribution in [3.05, 3.63) is 34.9 Å². The lowest BCUT2D eigenvalue weighted by Gasteiger charge is -2.03. The second kappa shape index (κ2) is 3.85. The highest BCUT2D eigenvalue weighted by molar-refractivity contribution is 6.66. The van der Waals surface area contributed by atoms with Gasteiger partial charge in [-0.05, 0) is 18.2 Å². The summed E-state index contributed by atoms with van der Waals surface area (Å²) in [7, 11) is 1.70. The molecule has 1 aromatic rings. The van der Waals surface area contributed by atoms with Crippen LogP contribution in [0.3, 0.4) is 0 Å².